The van der Waals surface area contributed by atoms with Gasteiger partial charge in [-0.2, -0.15) is 5.10 Å². The topological polar surface area (TPSA) is 76.2 Å². The number of nitro groups is 1. The van der Waals surface area contributed by atoms with Crippen LogP contribution < -0.4 is 10.2 Å². The number of fused-ring (bicyclic) bond motifs is 2. The van der Waals surface area contributed by atoms with Crippen LogP contribution in [-0.4, -0.2) is 39.9 Å². The van der Waals surface area contributed by atoms with Crippen LogP contribution in [0.3, 0.4) is 0 Å². The fourth-order valence-electron chi connectivity index (χ4n) is 3.58. The van der Waals surface area contributed by atoms with Crippen molar-refractivity contribution in [1.29, 1.82) is 0 Å². The van der Waals surface area contributed by atoms with Gasteiger partial charge in [0.2, 0.25) is 5.82 Å². The maximum atomic E-state index is 11.6. The molecule has 1 N–H and O–H groups in total. The van der Waals surface area contributed by atoms with Gasteiger partial charge in [0.1, 0.15) is 5.69 Å². The molecule has 3 heterocycles. The van der Waals surface area contributed by atoms with E-state index in [1.54, 1.807) is 4.68 Å². The van der Waals surface area contributed by atoms with E-state index in [1.165, 1.54) is 6.42 Å². The zero-order valence-electron chi connectivity index (χ0n) is 12.9. The van der Waals surface area contributed by atoms with Crippen molar-refractivity contribution in [2.24, 2.45) is 7.05 Å². The number of anilines is 1. The summed E-state index contributed by atoms with van der Waals surface area (Å²) >= 11 is 0. The molecule has 2 atom stereocenters. The van der Waals surface area contributed by atoms with Crippen LogP contribution in [0, 0.1) is 10.1 Å². The van der Waals surface area contributed by atoms with Crippen molar-refractivity contribution in [2.75, 3.05) is 18.0 Å². The predicted octanol–water partition coefficient (Wildman–Crippen LogP) is 1.78. The molecule has 2 fully saturated rings. The van der Waals surface area contributed by atoms with E-state index in [4.69, 9.17) is 0 Å². The highest BCUT2D eigenvalue weighted by Gasteiger charge is 2.36. The normalized spacial score (nSPS) is 25.4. The molecule has 3 rings (SSSR count). The van der Waals surface area contributed by atoms with Crippen LogP contribution in [0.2, 0.25) is 0 Å². The molecule has 7 heteroatoms. The number of nitrogens with zero attached hydrogens (tertiary/aromatic N) is 4. The van der Waals surface area contributed by atoms with Gasteiger partial charge < -0.3 is 10.2 Å². The van der Waals surface area contributed by atoms with Gasteiger partial charge in [-0.15, -0.1) is 0 Å². The van der Waals surface area contributed by atoms with Crippen molar-refractivity contribution < 1.29 is 4.92 Å². The molecule has 0 aliphatic carbocycles. The van der Waals surface area contributed by atoms with E-state index in [1.807, 2.05) is 20.9 Å². The molecular weight excluding hydrogens is 270 g/mol. The quantitative estimate of drug-likeness (QED) is 0.679. The lowest BCUT2D eigenvalue weighted by Gasteiger charge is -2.25. The SMILES string of the molecule is CC(C)c1nn(C)c(N2CCC3CCC(C2)N3)c1[N+](=O)[O-]. The molecule has 1 aromatic rings. The monoisotopic (exact) mass is 293 g/mol. The minimum atomic E-state index is -0.270. The molecule has 7 nitrogen and oxygen atoms in total. The van der Waals surface area contributed by atoms with Crippen LogP contribution in [0.5, 0.6) is 0 Å². The Morgan fingerprint density at radius 1 is 1.33 bits per heavy atom. The first-order chi connectivity index (χ1) is 9.97. The second-order valence-corrected chi connectivity index (χ2v) is 6.47. The van der Waals surface area contributed by atoms with Crippen LogP contribution in [0.4, 0.5) is 11.5 Å². The first kappa shape index (κ1) is 14.3. The number of nitrogens with one attached hydrogen (secondary N) is 1. The van der Waals surface area contributed by atoms with Crippen molar-refractivity contribution in [3.63, 3.8) is 0 Å². The fourth-order valence-corrected chi connectivity index (χ4v) is 3.58. The maximum Gasteiger partial charge on any atom is 0.334 e. The fraction of sp³-hybridized carbons (Fsp3) is 0.786. The van der Waals surface area contributed by atoms with Crippen molar-refractivity contribution in [3.05, 3.63) is 15.8 Å². The third-order valence-electron chi connectivity index (χ3n) is 4.57. The second kappa shape index (κ2) is 5.29. The molecular formula is C14H23N5O2. The standard InChI is InChI=1S/C14H23N5O2/c1-9(2)12-13(19(20)21)14(17(3)16-12)18-7-6-10-4-5-11(8-18)15-10/h9-11,15H,4-8H2,1-3H3. The molecule has 2 unspecified atom stereocenters. The smallest absolute Gasteiger partial charge is 0.334 e. The first-order valence-electron chi connectivity index (χ1n) is 7.69. The van der Waals surface area contributed by atoms with Gasteiger partial charge >= 0.3 is 5.69 Å². The van der Waals surface area contributed by atoms with E-state index in [9.17, 15) is 10.1 Å². The van der Waals surface area contributed by atoms with Crippen molar-refractivity contribution in [1.82, 2.24) is 15.1 Å². The number of rotatable bonds is 3. The lowest BCUT2D eigenvalue weighted by Crippen LogP contribution is -2.36. The first-order valence-corrected chi connectivity index (χ1v) is 7.69. The molecule has 0 saturated carbocycles. The van der Waals surface area contributed by atoms with Gasteiger partial charge in [0.15, 0.2) is 0 Å². The summed E-state index contributed by atoms with van der Waals surface area (Å²) in [5.74, 6) is 0.713. The van der Waals surface area contributed by atoms with Gasteiger partial charge in [0.05, 0.1) is 4.92 Å². The molecule has 0 radical (unpaired) electrons. The summed E-state index contributed by atoms with van der Waals surface area (Å²) in [6, 6.07) is 1.01. The minimum absolute atomic E-state index is 0.0481. The lowest BCUT2D eigenvalue weighted by molar-refractivity contribution is -0.385. The van der Waals surface area contributed by atoms with Gasteiger partial charge in [-0.05, 0) is 19.3 Å². The van der Waals surface area contributed by atoms with Crippen molar-refractivity contribution in [2.45, 2.75) is 51.1 Å². The molecule has 2 aliphatic rings. The summed E-state index contributed by atoms with van der Waals surface area (Å²) in [7, 11) is 1.81. The highest BCUT2D eigenvalue weighted by atomic mass is 16.6. The van der Waals surface area contributed by atoms with E-state index >= 15 is 0 Å². The Morgan fingerprint density at radius 2 is 2.05 bits per heavy atom. The van der Waals surface area contributed by atoms with Gasteiger partial charge in [0, 0.05) is 38.1 Å². The molecule has 2 aliphatic heterocycles. The largest absolute Gasteiger partial charge is 0.349 e. The summed E-state index contributed by atoms with van der Waals surface area (Å²) in [6.45, 7) is 5.58. The van der Waals surface area contributed by atoms with Crippen LogP contribution in [0.25, 0.3) is 0 Å². The van der Waals surface area contributed by atoms with E-state index in [0.717, 1.165) is 25.9 Å². The summed E-state index contributed by atoms with van der Waals surface area (Å²) < 4.78 is 1.69. The molecule has 2 bridgehead atoms. The predicted molar refractivity (Wildman–Crippen MR) is 80.7 cm³/mol. The highest BCUT2D eigenvalue weighted by molar-refractivity contribution is 5.62. The summed E-state index contributed by atoms with van der Waals surface area (Å²) in [5.41, 5.74) is 0.769. The molecule has 1 aromatic heterocycles. The Balaban J connectivity index is 1.99. The number of aryl methyl sites for hydroxylation is 1. The van der Waals surface area contributed by atoms with Crippen molar-refractivity contribution in [3.8, 4) is 0 Å². The number of hydrogen-bond donors (Lipinski definition) is 1. The summed E-state index contributed by atoms with van der Waals surface area (Å²) in [4.78, 5) is 13.4. The number of aromatic nitrogens is 2. The molecule has 2 saturated heterocycles. The van der Waals surface area contributed by atoms with Gasteiger partial charge in [-0.25, -0.2) is 4.68 Å². The highest BCUT2D eigenvalue weighted by Crippen LogP contribution is 2.36. The van der Waals surface area contributed by atoms with Gasteiger partial charge in [-0.1, -0.05) is 13.8 Å². The van der Waals surface area contributed by atoms with Crippen LogP contribution in [0.1, 0.15) is 44.7 Å². The second-order valence-electron chi connectivity index (χ2n) is 6.47. The molecule has 0 amide bonds. The van der Waals surface area contributed by atoms with E-state index in [-0.39, 0.29) is 16.5 Å². The average molecular weight is 293 g/mol. The summed E-state index contributed by atoms with van der Waals surface area (Å²) in [6.07, 6.45) is 3.42. The Morgan fingerprint density at radius 3 is 2.71 bits per heavy atom. The van der Waals surface area contributed by atoms with Gasteiger partial charge in [-0.3, -0.25) is 10.1 Å². The Bertz CT molecular complexity index is 554. The molecule has 21 heavy (non-hydrogen) atoms. The van der Waals surface area contributed by atoms with Crippen LogP contribution >= 0.6 is 0 Å². The Kier molecular flexibility index (Phi) is 3.61. The Labute approximate surface area is 124 Å². The molecule has 116 valence electrons. The summed E-state index contributed by atoms with van der Waals surface area (Å²) in [5, 5.41) is 19.6. The Hall–Kier alpha value is -1.63. The van der Waals surface area contributed by atoms with Crippen molar-refractivity contribution >= 4 is 11.5 Å². The minimum Gasteiger partial charge on any atom is -0.349 e. The molecule has 0 aromatic carbocycles. The average Bonchev–Trinajstić information content (AvgIpc) is 2.90. The zero-order chi connectivity index (χ0) is 15.1. The van der Waals surface area contributed by atoms with E-state index in [2.05, 4.69) is 15.3 Å². The lowest BCUT2D eigenvalue weighted by atomic mass is 10.1. The van der Waals surface area contributed by atoms with E-state index < -0.39 is 0 Å². The third-order valence-corrected chi connectivity index (χ3v) is 4.57. The third kappa shape index (κ3) is 2.50. The van der Waals surface area contributed by atoms with Crippen LogP contribution in [-0.2, 0) is 7.05 Å². The number of hydrogen-bond acceptors (Lipinski definition) is 5. The van der Waals surface area contributed by atoms with E-state index in [0.29, 0.717) is 23.6 Å². The van der Waals surface area contributed by atoms with Gasteiger partial charge in [0.25, 0.3) is 0 Å². The maximum absolute atomic E-state index is 11.6. The zero-order valence-corrected chi connectivity index (χ0v) is 12.9. The molecule has 0 spiro atoms. The van der Waals surface area contributed by atoms with Crippen LogP contribution in [0.15, 0.2) is 0 Å².